The summed E-state index contributed by atoms with van der Waals surface area (Å²) in [6.45, 7) is 3.75. The fraction of sp³-hybridized carbons (Fsp3) is 0.440. The minimum absolute atomic E-state index is 0.279. The number of fused-ring (bicyclic) bond motifs is 1. The Bertz CT molecular complexity index is 970. The van der Waals surface area contributed by atoms with Crippen molar-refractivity contribution < 1.29 is 14.7 Å². The number of rotatable bonds is 10. The number of amides is 2. The second-order valence-electron chi connectivity index (χ2n) is 8.53. The summed E-state index contributed by atoms with van der Waals surface area (Å²) in [6.07, 6.45) is 4.62. The van der Waals surface area contributed by atoms with Gasteiger partial charge in [-0.2, -0.15) is 0 Å². The lowest BCUT2D eigenvalue weighted by atomic mass is 9.86. The largest absolute Gasteiger partial charge is 0.481 e. The van der Waals surface area contributed by atoms with E-state index in [9.17, 15) is 14.7 Å². The number of urea groups is 1. The molecule has 0 spiro atoms. The molecule has 0 aliphatic heterocycles. The minimum atomic E-state index is -0.764. The molecule has 2 unspecified atom stereocenters. The molecule has 0 saturated heterocycles. The monoisotopic (exact) mass is 491 g/mol. The number of anilines is 1. The molecule has 8 heteroatoms. The Balaban J connectivity index is 1.55. The number of carboxylic acids is 1. The van der Waals surface area contributed by atoms with Crippen LogP contribution in [-0.4, -0.2) is 41.6 Å². The van der Waals surface area contributed by atoms with E-state index in [4.69, 9.17) is 23.2 Å². The molecule has 1 aliphatic rings. The Morgan fingerprint density at radius 3 is 2.70 bits per heavy atom. The van der Waals surface area contributed by atoms with Crippen LogP contribution < -0.4 is 10.6 Å². The molecule has 2 aromatic rings. The Morgan fingerprint density at radius 2 is 1.94 bits per heavy atom. The van der Waals surface area contributed by atoms with E-state index in [1.54, 1.807) is 25.1 Å². The van der Waals surface area contributed by atoms with E-state index in [0.29, 0.717) is 35.2 Å². The first-order chi connectivity index (χ1) is 15.8. The van der Waals surface area contributed by atoms with Gasteiger partial charge in [-0.25, -0.2) is 4.79 Å². The van der Waals surface area contributed by atoms with Crippen molar-refractivity contribution >= 4 is 40.9 Å². The predicted molar refractivity (Wildman–Crippen MR) is 133 cm³/mol. The number of halogens is 2. The molecular weight excluding hydrogens is 461 g/mol. The third-order valence-corrected chi connectivity index (χ3v) is 6.87. The van der Waals surface area contributed by atoms with E-state index in [0.717, 1.165) is 32.2 Å². The number of nitrogens with one attached hydrogen (secondary N) is 2. The first-order valence-electron chi connectivity index (χ1n) is 11.4. The molecule has 6 nitrogen and oxygen atoms in total. The zero-order chi connectivity index (χ0) is 23.8. The van der Waals surface area contributed by atoms with E-state index in [2.05, 4.69) is 39.8 Å². The van der Waals surface area contributed by atoms with Crippen molar-refractivity contribution in [2.75, 3.05) is 25.0 Å². The maximum absolute atomic E-state index is 12.2. The van der Waals surface area contributed by atoms with Gasteiger partial charge in [-0.1, -0.05) is 54.4 Å². The van der Waals surface area contributed by atoms with Gasteiger partial charge in [0.05, 0.1) is 16.0 Å². The highest BCUT2D eigenvalue weighted by atomic mass is 35.5. The SMILES string of the molecule is CC(CCN(CCCNC(=O)Nc1ccc(Cl)c(Cl)c1)C1CCCc2ccccc21)C(=O)O. The van der Waals surface area contributed by atoms with E-state index in [1.165, 1.54) is 11.1 Å². The van der Waals surface area contributed by atoms with Crippen LogP contribution in [0.5, 0.6) is 0 Å². The number of aliphatic carboxylic acids is 1. The van der Waals surface area contributed by atoms with Crippen molar-refractivity contribution in [3.05, 3.63) is 63.6 Å². The smallest absolute Gasteiger partial charge is 0.319 e. The lowest BCUT2D eigenvalue weighted by Gasteiger charge is -2.36. The van der Waals surface area contributed by atoms with Crippen LogP contribution in [0.25, 0.3) is 0 Å². The molecule has 33 heavy (non-hydrogen) atoms. The van der Waals surface area contributed by atoms with Crippen LogP contribution in [0.15, 0.2) is 42.5 Å². The predicted octanol–water partition coefficient (Wildman–Crippen LogP) is 6.00. The highest BCUT2D eigenvalue weighted by molar-refractivity contribution is 6.42. The molecule has 178 valence electrons. The van der Waals surface area contributed by atoms with Crippen molar-refractivity contribution in [2.24, 2.45) is 5.92 Å². The van der Waals surface area contributed by atoms with Crippen molar-refractivity contribution in [3.8, 4) is 0 Å². The number of nitrogens with zero attached hydrogens (tertiary/aromatic N) is 1. The third-order valence-electron chi connectivity index (χ3n) is 6.13. The van der Waals surface area contributed by atoms with Gasteiger partial charge in [-0.3, -0.25) is 9.69 Å². The van der Waals surface area contributed by atoms with Crippen LogP contribution in [0.1, 0.15) is 49.8 Å². The van der Waals surface area contributed by atoms with E-state index in [1.807, 2.05) is 0 Å². The number of hydrogen-bond donors (Lipinski definition) is 3. The maximum Gasteiger partial charge on any atom is 0.319 e. The molecule has 0 aromatic heterocycles. The van der Waals surface area contributed by atoms with Gasteiger partial charge in [0.25, 0.3) is 0 Å². The fourth-order valence-corrected chi connectivity index (χ4v) is 4.55. The summed E-state index contributed by atoms with van der Waals surface area (Å²) in [5, 5.41) is 15.8. The van der Waals surface area contributed by atoms with Gasteiger partial charge in [0.15, 0.2) is 0 Å². The van der Waals surface area contributed by atoms with Gasteiger partial charge < -0.3 is 15.7 Å². The zero-order valence-corrected chi connectivity index (χ0v) is 20.3. The first kappa shape index (κ1) is 25.3. The lowest BCUT2D eigenvalue weighted by Crippen LogP contribution is -2.36. The molecule has 2 atom stereocenters. The summed E-state index contributed by atoms with van der Waals surface area (Å²) in [4.78, 5) is 25.9. The average Bonchev–Trinajstić information content (AvgIpc) is 2.80. The molecule has 0 saturated carbocycles. The fourth-order valence-electron chi connectivity index (χ4n) is 4.25. The number of carboxylic acid groups (broad SMARTS) is 1. The van der Waals surface area contributed by atoms with E-state index < -0.39 is 5.97 Å². The molecule has 3 N–H and O–H groups in total. The van der Waals surface area contributed by atoms with Gasteiger partial charge in [0.1, 0.15) is 0 Å². The summed E-state index contributed by atoms with van der Waals surface area (Å²) in [5.74, 6) is -1.15. The van der Waals surface area contributed by atoms with Crippen molar-refractivity contribution in [1.82, 2.24) is 10.2 Å². The van der Waals surface area contributed by atoms with Gasteiger partial charge >= 0.3 is 12.0 Å². The van der Waals surface area contributed by atoms with Gasteiger partial charge in [-0.15, -0.1) is 0 Å². The molecule has 0 fully saturated rings. The van der Waals surface area contributed by atoms with E-state index in [-0.39, 0.29) is 18.0 Å². The van der Waals surface area contributed by atoms with Gasteiger partial charge in [0, 0.05) is 24.8 Å². The molecule has 3 rings (SSSR count). The molecule has 2 aromatic carbocycles. The van der Waals surface area contributed by atoms with Crippen LogP contribution in [0.3, 0.4) is 0 Å². The third kappa shape index (κ3) is 7.36. The first-order valence-corrected chi connectivity index (χ1v) is 12.2. The number of carbonyl (C=O) groups is 2. The highest BCUT2D eigenvalue weighted by Crippen LogP contribution is 2.34. The van der Waals surface area contributed by atoms with Crippen LogP contribution in [-0.2, 0) is 11.2 Å². The van der Waals surface area contributed by atoms with Gasteiger partial charge in [0.2, 0.25) is 0 Å². The summed E-state index contributed by atoms with van der Waals surface area (Å²) in [5.41, 5.74) is 3.30. The molecule has 0 heterocycles. The summed E-state index contributed by atoms with van der Waals surface area (Å²) < 4.78 is 0. The van der Waals surface area contributed by atoms with Crippen molar-refractivity contribution in [2.45, 2.75) is 45.1 Å². The number of benzene rings is 2. The van der Waals surface area contributed by atoms with Crippen molar-refractivity contribution in [3.63, 3.8) is 0 Å². The second kappa shape index (κ2) is 12.3. The summed E-state index contributed by atoms with van der Waals surface area (Å²) >= 11 is 11.9. The average molecular weight is 492 g/mol. The van der Waals surface area contributed by atoms with Gasteiger partial charge in [-0.05, 0) is 68.0 Å². The summed E-state index contributed by atoms with van der Waals surface area (Å²) in [6, 6.07) is 13.4. The molecule has 1 aliphatic carbocycles. The Hall–Kier alpha value is -2.28. The lowest BCUT2D eigenvalue weighted by molar-refractivity contribution is -0.141. The summed E-state index contributed by atoms with van der Waals surface area (Å²) in [7, 11) is 0. The Kier molecular flexibility index (Phi) is 9.41. The molecule has 0 radical (unpaired) electrons. The minimum Gasteiger partial charge on any atom is -0.481 e. The maximum atomic E-state index is 12.2. The molecular formula is C25H31Cl2N3O3. The number of carbonyl (C=O) groups excluding carboxylic acids is 1. The normalized spacial score (nSPS) is 16.2. The topological polar surface area (TPSA) is 81.7 Å². The number of aryl methyl sites for hydroxylation is 1. The zero-order valence-electron chi connectivity index (χ0n) is 18.8. The Morgan fingerprint density at radius 1 is 1.15 bits per heavy atom. The quantitative estimate of drug-likeness (QED) is 0.356. The van der Waals surface area contributed by atoms with E-state index >= 15 is 0 Å². The second-order valence-corrected chi connectivity index (χ2v) is 9.35. The van der Waals surface area contributed by atoms with Crippen LogP contribution >= 0.6 is 23.2 Å². The van der Waals surface area contributed by atoms with Crippen LogP contribution in [0, 0.1) is 5.92 Å². The van der Waals surface area contributed by atoms with Crippen molar-refractivity contribution in [1.29, 1.82) is 0 Å². The highest BCUT2D eigenvalue weighted by Gasteiger charge is 2.26. The molecule has 2 amide bonds. The van der Waals surface area contributed by atoms with Crippen LogP contribution in [0.2, 0.25) is 10.0 Å². The number of hydrogen-bond acceptors (Lipinski definition) is 3. The van der Waals surface area contributed by atoms with Crippen LogP contribution in [0.4, 0.5) is 10.5 Å². The standard InChI is InChI=1S/C25H31Cl2N3O3/c1-17(24(31)32)12-15-30(23-9-4-7-18-6-2-3-8-20(18)23)14-5-13-28-25(33)29-19-10-11-21(26)22(27)16-19/h2-3,6,8,10-11,16-17,23H,4-5,7,9,12-15H2,1H3,(H,31,32)(H2,28,29,33). The Labute approximate surface area is 205 Å². The molecule has 0 bridgehead atoms.